The standard InChI is InChI=1S/C25H34N2/c1-3-7-23(8-4-1)21-27-17-12-22(13-18-27)11-16-26-19-14-25(15-20-26)24-9-5-2-6-10-24/h1-10,22,25H,11-21H2. The molecule has 2 heteroatoms. The van der Waals surface area contributed by atoms with Gasteiger partial charge in [0.05, 0.1) is 0 Å². The average molecular weight is 363 g/mol. The first-order valence-electron chi connectivity index (χ1n) is 10.9. The summed E-state index contributed by atoms with van der Waals surface area (Å²) in [6.45, 7) is 7.55. The Labute approximate surface area is 165 Å². The van der Waals surface area contributed by atoms with Gasteiger partial charge in [-0.25, -0.2) is 0 Å². The van der Waals surface area contributed by atoms with Crippen molar-refractivity contribution in [2.45, 2.75) is 44.6 Å². The Morgan fingerprint density at radius 2 is 1.26 bits per heavy atom. The van der Waals surface area contributed by atoms with Gasteiger partial charge in [0.2, 0.25) is 0 Å². The summed E-state index contributed by atoms with van der Waals surface area (Å²) in [4.78, 5) is 5.35. The smallest absolute Gasteiger partial charge is 0.0233 e. The molecule has 0 amide bonds. The first-order chi connectivity index (χ1) is 13.4. The first-order valence-corrected chi connectivity index (χ1v) is 10.9. The summed E-state index contributed by atoms with van der Waals surface area (Å²) in [6, 6.07) is 22.1. The molecule has 0 saturated carbocycles. The Morgan fingerprint density at radius 3 is 1.93 bits per heavy atom. The van der Waals surface area contributed by atoms with Gasteiger partial charge in [0.25, 0.3) is 0 Å². The summed E-state index contributed by atoms with van der Waals surface area (Å²) in [6.07, 6.45) is 6.83. The minimum absolute atomic E-state index is 0.781. The number of likely N-dealkylation sites (tertiary alicyclic amines) is 2. The normalized spacial score (nSPS) is 20.7. The van der Waals surface area contributed by atoms with E-state index in [1.807, 2.05) is 0 Å². The van der Waals surface area contributed by atoms with Gasteiger partial charge in [-0.1, -0.05) is 60.7 Å². The minimum atomic E-state index is 0.781. The third kappa shape index (κ3) is 5.43. The van der Waals surface area contributed by atoms with Crippen LogP contribution in [0.5, 0.6) is 0 Å². The van der Waals surface area contributed by atoms with Crippen molar-refractivity contribution in [2.24, 2.45) is 5.92 Å². The molecule has 0 unspecified atom stereocenters. The van der Waals surface area contributed by atoms with Gasteiger partial charge in [0.1, 0.15) is 0 Å². The van der Waals surface area contributed by atoms with Crippen LogP contribution >= 0.6 is 0 Å². The number of hydrogen-bond acceptors (Lipinski definition) is 2. The van der Waals surface area contributed by atoms with Crippen molar-refractivity contribution in [3.8, 4) is 0 Å². The maximum Gasteiger partial charge on any atom is 0.0233 e. The van der Waals surface area contributed by atoms with Crippen LogP contribution in [0.2, 0.25) is 0 Å². The van der Waals surface area contributed by atoms with Crippen molar-refractivity contribution in [1.29, 1.82) is 0 Å². The van der Waals surface area contributed by atoms with E-state index in [2.05, 4.69) is 70.5 Å². The van der Waals surface area contributed by atoms with Crippen molar-refractivity contribution in [3.63, 3.8) is 0 Å². The molecule has 0 N–H and O–H groups in total. The molecular formula is C25H34N2. The lowest BCUT2D eigenvalue weighted by Crippen LogP contribution is -2.37. The first kappa shape index (κ1) is 18.7. The topological polar surface area (TPSA) is 6.48 Å². The van der Waals surface area contributed by atoms with Crippen molar-refractivity contribution in [2.75, 3.05) is 32.7 Å². The van der Waals surface area contributed by atoms with E-state index in [9.17, 15) is 0 Å². The molecule has 0 radical (unpaired) electrons. The molecule has 4 rings (SSSR count). The van der Waals surface area contributed by atoms with Crippen LogP contribution in [0, 0.1) is 5.92 Å². The molecule has 2 fully saturated rings. The van der Waals surface area contributed by atoms with Gasteiger partial charge in [-0.15, -0.1) is 0 Å². The Bertz CT molecular complexity index is 653. The summed E-state index contributed by atoms with van der Waals surface area (Å²) >= 11 is 0. The third-order valence-electron chi connectivity index (χ3n) is 6.67. The summed E-state index contributed by atoms with van der Waals surface area (Å²) in [5, 5.41) is 0. The lowest BCUT2D eigenvalue weighted by Gasteiger charge is -2.35. The second-order valence-electron chi connectivity index (χ2n) is 8.52. The van der Waals surface area contributed by atoms with Gasteiger partial charge in [0.15, 0.2) is 0 Å². The molecule has 2 aromatic carbocycles. The summed E-state index contributed by atoms with van der Waals surface area (Å²) in [5.74, 6) is 1.72. The number of piperidine rings is 2. The highest BCUT2D eigenvalue weighted by Crippen LogP contribution is 2.29. The van der Waals surface area contributed by atoms with Crippen molar-refractivity contribution >= 4 is 0 Å². The highest BCUT2D eigenvalue weighted by molar-refractivity contribution is 5.20. The lowest BCUT2D eigenvalue weighted by atomic mass is 9.88. The fourth-order valence-corrected chi connectivity index (χ4v) is 4.86. The molecular weight excluding hydrogens is 328 g/mol. The zero-order valence-corrected chi connectivity index (χ0v) is 16.6. The molecule has 2 aliphatic heterocycles. The van der Waals surface area contributed by atoms with Gasteiger partial charge < -0.3 is 4.90 Å². The minimum Gasteiger partial charge on any atom is -0.303 e. The number of hydrogen-bond donors (Lipinski definition) is 0. The highest BCUT2D eigenvalue weighted by Gasteiger charge is 2.23. The summed E-state index contributed by atoms with van der Waals surface area (Å²) < 4.78 is 0. The van der Waals surface area contributed by atoms with E-state index in [0.717, 1.165) is 18.4 Å². The molecule has 0 aromatic heterocycles. The Hall–Kier alpha value is -1.64. The summed E-state index contributed by atoms with van der Waals surface area (Å²) in [7, 11) is 0. The maximum atomic E-state index is 2.72. The molecule has 2 heterocycles. The van der Waals surface area contributed by atoms with Gasteiger partial charge in [0, 0.05) is 6.54 Å². The number of rotatable bonds is 6. The fourth-order valence-electron chi connectivity index (χ4n) is 4.86. The zero-order valence-electron chi connectivity index (χ0n) is 16.6. The van der Waals surface area contributed by atoms with E-state index in [4.69, 9.17) is 0 Å². The molecule has 0 aliphatic carbocycles. The average Bonchev–Trinajstić information content (AvgIpc) is 2.75. The Kier molecular flexibility index (Phi) is 6.60. The van der Waals surface area contributed by atoms with E-state index >= 15 is 0 Å². The zero-order chi connectivity index (χ0) is 18.3. The van der Waals surface area contributed by atoms with Gasteiger partial charge >= 0.3 is 0 Å². The number of benzene rings is 2. The molecule has 2 saturated heterocycles. The van der Waals surface area contributed by atoms with Gasteiger partial charge in [-0.3, -0.25) is 4.90 Å². The molecule has 0 atom stereocenters. The molecule has 2 nitrogen and oxygen atoms in total. The summed E-state index contributed by atoms with van der Waals surface area (Å²) in [5.41, 5.74) is 3.00. The van der Waals surface area contributed by atoms with Crippen LogP contribution in [-0.2, 0) is 6.54 Å². The van der Waals surface area contributed by atoms with Gasteiger partial charge in [-0.2, -0.15) is 0 Å². The fraction of sp³-hybridized carbons (Fsp3) is 0.520. The van der Waals surface area contributed by atoms with Crippen LogP contribution < -0.4 is 0 Å². The Morgan fingerprint density at radius 1 is 0.667 bits per heavy atom. The Balaban J connectivity index is 1.14. The predicted molar refractivity (Wildman–Crippen MR) is 114 cm³/mol. The largest absolute Gasteiger partial charge is 0.303 e. The van der Waals surface area contributed by atoms with Crippen LogP contribution in [-0.4, -0.2) is 42.5 Å². The number of nitrogens with zero attached hydrogens (tertiary/aromatic N) is 2. The van der Waals surface area contributed by atoms with E-state index < -0.39 is 0 Å². The van der Waals surface area contributed by atoms with E-state index in [-0.39, 0.29) is 0 Å². The molecule has 2 aromatic rings. The quantitative estimate of drug-likeness (QED) is 0.699. The van der Waals surface area contributed by atoms with Gasteiger partial charge in [-0.05, 0) is 87.8 Å². The second-order valence-corrected chi connectivity index (χ2v) is 8.52. The maximum absolute atomic E-state index is 2.72. The van der Waals surface area contributed by atoms with E-state index in [0.29, 0.717) is 0 Å². The third-order valence-corrected chi connectivity index (χ3v) is 6.67. The second kappa shape index (κ2) is 9.52. The molecule has 27 heavy (non-hydrogen) atoms. The van der Waals surface area contributed by atoms with Crippen molar-refractivity contribution in [1.82, 2.24) is 9.80 Å². The molecule has 0 bridgehead atoms. The van der Waals surface area contributed by atoms with Crippen LogP contribution in [0.15, 0.2) is 60.7 Å². The highest BCUT2D eigenvalue weighted by atomic mass is 15.1. The van der Waals surface area contributed by atoms with E-state index in [1.54, 1.807) is 5.56 Å². The van der Waals surface area contributed by atoms with Crippen LogP contribution in [0.4, 0.5) is 0 Å². The predicted octanol–water partition coefficient (Wildman–Crippen LogP) is 5.17. The molecule has 144 valence electrons. The SMILES string of the molecule is c1ccc(CN2CCC(CCN3CCC(c4ccccc4)CC3)CC2)cc1. The molecule has 0 spiro atoms. The molecule has 2 aliphatic rings. The van der Waals surface area contributed by atoms with Crippen molar-refractivity contribution in [3.05, 3.63) is 71.8 Å². The van der Waals surface area contributed by atoms with Crippen molar-refractivity contribution < 1.29 is 0 Å². The van der Waals surface area contributed by atoms with E-state index in [1.165, 1.54) is 70.4 Å². The van der Waals surface area contributed by atoms with Crippen LogP contribution in [0.1, 0.15) is 49.1 Å². The van der Waals surface area contributed by atoms with Crippen LogP contribution in [0.25, 0.3) is 0 Å². The lowest BCUT2D eigenvalue weighted by molar-refractivity contribution is 0.148. The van der Waals surface area contributed by atoms with Crippen LogP contribution in [0.3, 0.4) is 0 Å². The monoisotopic (exact) mass is 362 g/mol.